The van der Waals surface area contributed by atoms with Crippen molar-refractivity contribution in [3.05, 3.63) is 0 Å². The van der Waals surface area contributed by atoms with Gasteiger partial charge in [0.15, 0.2) is 5.96 Å². The molecule has 1 rings (SSSR count). The van der Waals surface area contributed by atoms with Gasteiger partial charge < -0.3 is 27.8 Å². The van der Waals surface area contributed by atoms with Crippen LogP contribution >= 0.6 is 0 Å². The van der Waals surface area contributed by atoms with Crippen molar-refractivity contribution in [2.24, 2.45) is 32.9 Å². The van der Waals surface area contributed by atoms with E-state index in [1.807, 2.05) is 0 Å². The fourth-order valence-corrected chi connectivity index (χ4v) is 2.50. The molecule has 1 unspecified atom stereocenters. The number of nitrogens with zero attached hydrogens (tertiary/aromatic N) is 3. The van der Waals surface area contributed by atoms with E-state index in [0.717, 1.165) is 0 Å². The summed E-state index contributed by atoms with van der Waals surface area (Å²) in [6.45, 7) is 2.56. The molecule has 12 heteroatoms. The van der Waals surface area contributed by atoms with Gasteiger partial charge in [0.05, 0.1) is 6.54 Å². The van der Waals surface area contributed by atoms with Gasteiger partial charge in [-0.05, 0) is 19.8 Å². The van der Waals surface area contributed by atoms with Crippen molar-refractivity contribution in [3.63, 3.8) is 0 Å². The van der Waals surface area contributed by atoms with Crippen LogP contribution in [-0.2, 0) is 9.59 Å². The summed E-state index contributed by atoms with van der Waals surface area (Å²) in [4.78, 5) is 44.8. The Morgan fingerprint density at radius 3 is 2.65 bits per heavy atom. The van der Waals surface area contributed by atoms with E-state index in [2.05, 4.69) is 20.6 Å². The summed E-state index contributed by atoms with van der Waals surface area (Å²) in [6, 6.07) is -1.97. The molecule has 0 aromatic rings. The van der Waals surface area contributed by atoms with Crippen LogP contribution in [0, 0.1) is 0 Å². The van der Waals surface area contributed by atoms with Crippen LogP contribution in [0.4, 0.5) is 4.79 Å². The maximum atomic E-state index is 12.5. The Balaban J connectivity index is 2.57. The number of carbonyl (C=O) groups is 3. The van der Waals surface area contributed by atoms with Crippen molar-refractivity contribution in [1.29, 1.82) is 0 Å². The molecule has 2 atom stereocenters. The van der Waals surface area contributed by atoms with Crippen LogP contribution in [0.1, 0.15) is 26.2 Å². The van der Waals surface area contributed by atoms with E-state index in [1.165, 1.54) is 4.90 Å². The number of nitrogens with one attached hydrogen (secondary N) is 2. The van der Waals surface area contributed by atoms with Gasteiger partial charge in [0.1, 0.15) is 6.04 Å². The zero-order chi connectivity index (χ0) is 19.7. The van der Waals surface area contributed by atoms with E-state index in [9.17, 15) is 14.4 Å². The van der Waals surface area contributed by atoms with Crippen molar-refractivity contribution in [2.45, 2.75) is 38.3 Å². The van der Waals surface area contributed by atoms with Crippen molar-refractivity contribution < 1.29 is 14.4 Å². The molecule has 1 aliphatic rings. The molecule has 0 aliphatic carbocycles. The predicted octanol–water partition coefficient (Wildman–Crippen LogP) is -2.87. The molecular weight excluding hydrogens is 342 g/mol. The Labute approximate surface area is 151 Å². The van der Waals surface area contributed by atoms with Crippen LogP contribution in [0.3, 0.4) is 0 Å². The average Bonchev–Trinajstić information content (AvgIpc) is 2.53. The largest absolute Gasteiger partial charge is 0.370 e. The Morgan fingerprint density at radius 1 is 1.42 bits per heavy atom. The number of rotatable bonds is 8. The standard InChI is InChI=1S/C14H27N9O3/c1-2-23(9-7-20-14(21-11(9)25)22-13(18)26)10(24)6-8(15)4-3-5-19-12(16)17/h8-9H,2-7,15H2,1H3,(H4,16,17,19)(H4,18,20,21,22,25,26)/t8-,9?/m0/s1. The molecule has 4 amide bonds. The first kappa shape index (κ1) is 21.2. The lowest BCUT2D eigenvalue weighted by atomic mass is 10.1. The number of likely N-dealkylation sites (N-methyl/N-ethyl adjacent to an activating group) is 1. The van der Waals surface area contributed by atoms with E-state index in [0.29, 0.717) is 25.9 Å². The fraction of sp³-hybridized carbons (Fsp3) is 0.643. The van der Waals surface area contributed by atoms with Gasteiger partial charge in [-0.25, -0.2) is 9.79 Å². The number of amides is 4. The Hall–Kier alpha value is -2.89. The zero-order valence-electron chi connectivity index (χ0n) is 14.8. The van der Waals surface area contributed by atoms with Crippen LogP contribution in [0.2, 0.25) is 0 Å². The number of aliphatic imine (C=N–C) groups is 2. The summed E-state index contributed by atoms with van der Waals surface area (Å²) in [7, 11) is 0. The summed E-state index contributed by atoms with van der Waals surface area (Å²) in [6.07, 6.45) is 1.31. The van der Waals surface area contributed by atoms with E-state index in [4.69, 9.17) is 22.9 Å². The highest BCUT2D eigenvalue weighted by Crippen LogP contribution is 2.10. The first-order valence-electron chi connectivity index (χ1n) is 8.26. The van der Waals surface area contributed by atoms with Gasteiger partial charge in [0.2, 0.25) is 11.9 Å². The average molecular weight is 369 g/mol. The number of hydrogen-bond acceptors (Lipinski definition) is 6. The van der Waals surface area contributed by atoms with Crippen molar-refractivity contribution in [1.82, 2.24) is 15.5 Å². The monoisotopic (exact) mass is 369 g/mol. The van der Waals surface area contributed by atoms with Crippen LogP contribution in [0.25, 0.3) is 0 Å². The summed E-state index contributed by atoms with van der Waals surface area (Å²) < 4.78 is 0. The molecule has 0 saturated carbocycles. The summed E-state index contributed by atoms with van der Waals surface area (Å²) in [5.74, 6) is -0.705. The topological polar surface area (TPSA) is 207 Å². The van der Waals surface area contributed by atoms with Gasteiger partial charge in [-0.15, -0.1) is 0 Å². The maximum absolute atomic E-state index is 12.5. The summed E-state index contributed by atoms with van der Waals surface area (Å²) in [5.41, 5.74) is 21.4. The van der Waals surface area contributed by atoms with Gasteiger partial charge in [-0.3, -0.25) is 25.2 Å². The third kappa shape index (κ3) is 6.93. The minimum absolute atomic E-state index is 0.0147. The molecule has 12 nitrogen and oxygen atoms in total. The first-order chi connectivity index (χ1) is 12.2. The second-order valence-electron chi connectivity index (χ2n) is 5.78. The van der Waals surface area contributed by atoms with Crippen LogP contribution in [0.5, 0.6) is 0 Å². The lowest BCUT2D eigenvalue weighted by Crippen LogP contribution is -2.59. The number of nitrogens with two attached hydrogens (primary N) is 4. The molecule has 26 heavy (non-hydrogen) atoms. The third-order valence-corrected chi connectivity index (χ3v) is 3.71. The van der Waals surface area contributed by atoms with E-state index in [-0.39, 0.29) is 36.8 Å². The fourth-order valence-electron chi connectivity index (χ4n) is 2.50. The van der Waals surface area contributed by atoms with Crippen molar-refractivity contribution in [2.75, 3.05) is 19.6 Å². The lowest BCUT2D eigenvalue weighted by Gasteiger charge is -2.32. The molecule has 10 N–H and O–H groups in total. The number of carbonyl (C=O) groups excluding carboxylic acids is 3. The molecule has 1 heterocycles. The molecule has 1 aliphatic heterocycles. The predicted molar refractivity (Wildman–Crippen MR) is 96.8 cm³/mol. The van der Waals surface area contributed by atoms with Gasteiger partial charge in [0, 0.05) is 25.6 Å². The van der Waals surface area contributed by atoms with Gasteiger partial charge in [0.25, 0.3) is 5.91 Å². The van der Waals surface area contributed by atoms with Crippen LogP contribution in [-0.4, -0.2) is 66.4 Å². The molecule has 0 bridgehead atoms. The molecule has 0 saturated heterocycles. The van der Waals surface area contributed by atoms with E-state index < -0.39 is 18.0 Å². The van der Waals surface area contributed by atoms with E-state index >= 15 is 0 Å². The second-order valence-corrected chi connectivity index (χ2v) is 5.78. The summed E-state index contributed by atoms with van der Waals surface area (Å²) in [5, 5.41) is 4.60. The van der Waals surface area contributed by atoms with Crippen molar-refractivity contribution in [3.8, 4) is 0 Å². The highest BCUT2D eigenvalue weighted by atomic mass is 16.2. The smallest absolute Gasteiger partial charge is 0.318 e. The minimum atomic E-state index is -0.836. The number of hydrogen-bond donors (Lipinski definition) is 6. The molecule has 0 fully saturated rings. The zero-order valence-corrected chi connectivity index (χ0v) is 14.8. The molecule has 146 valence electrons. The highest BCUT2D eigenvalue weighted by Gasteiger charge is 2.32. The molecule has 0 radical (unpaired) electrons. The quantitative estimate of drug-likeness (QED) is 0.150. The molecule has 0 aromatic carbocycles. The van der Waals surface area contributed by atoms with Gasteiger partial charge in [-0.2, -0.15) is 0 Å². The normalized spacial score (nSPS) is 17.5. The maximum Gasteiger partial charge on any atom is 0.318 e. The molecule has 0 spiro atoms. The number of primary amides is 1. The Bertz CT molecular complexity index is 586. The SMILES string of the molecule is CCN(C(=O)C[C@@H](N)CCCN=C(N)N)C1CN=C(NC(N)=O)NC1=O. The summed E-state index contributed by atoms with van der Waals surface area (Å²) >= 11 is 0. The van der Waals surface area contributed by atoms with Crippen LogP contribution < -0.4 is 33.6 Å². The lowest BCUT2D eigenvalue weighted by molar-refractivity contribution is -0.140. The van der Waals surface area contributed by atoms with Crippen LogP contribution in [0.15, 0.2) is 9.98 Å². The first-order valence-corrected chi connectivity index (χ1v) is 8.26. The number of urea groups is 1. The van der Waals surface area contributed by atoms with E-state index in [1.54, 1.807) is 6.92 Å². The Kier molecular flexibility index (Phi) is 8.28. The van der Waals surface area contributed by atoms with Crippen molar-refractivity contribution >= 4 is 29.8 Å². The minimum Gasteiger partial charge on any atom is -0.370 e. The second kappa shape index (κ2) is 10.2. The number of guanidine groups is 2. The highest BCUT2D eigenvalue weighted by molar-refractivity contribution is 6.07. The Morgan fingerprint density at radius 2 is 2.12 bits per heavy atom. The van der Waals surface area contributed by atoms with Gasteiger partial charge in [-0.1, -0.05) is 0 Å². The van der Waals surface area contributed by atoms with Gasteiger partial charge >= 0.3 is 6.03 Å². The molecular formula is C14H27N9O3. The molecule has 0 aromatic heterocycles. The third-order valence-electron chi connectivity index (χ3n) is 3.71.